The molecule has 11 nitrogen and oxygen atoms in total. The van der Waals surface area contributed by atoms with Gasteiger partial charge in [0.15, 0.2) is 5.76 Å². The molecule has 0 saturated heterocycles. The van der Waals surface area contributed by atoms with Crippen LogP contribution in [0.1, 0.15) is 84.8 Å². The predicted molar refractivity (Wildman–Crippen MR) is 186 cm³/mol. The summed E-state index contributed by atoms with van der Waals surface area (Å²) in [6.45, 7) is 8.04. The zero-order chi connectivity index (χ0) is 34.0. The summed E-state index contributed by atoms with van der Waals surface area (Å²) in [6, 6.07) is 23.7. The van der Waals surface area contributed by atoms with Crippen LogP contribution >= 0.6 is 0 Å². The minimum absolute atomic E-state index is 0.0799. The summed E-state index contributed by atoms with van der Waals surface area (Å²) in [6.07, 6.45) is 9.28. The number of anilines is 2. The van der Waals surface area contributed by atoms with Crippen molar-refractivity contribution in [3.8, 4) is 0 Å². The molecule has 0 bridgehead atoms. The quantitative estimate of drug-likeness (QED) is 0.137. The van der Waals surface area contributed by atoms with Crippen LogP contribution in [0, 0.1) is 11.8 Å². The molecule has 1 aliphatic heterocycles. The first kappa shape index (κ1) is 38.8. The van der Waals surface area contributed by atoms with Crippen LogP contribution in [0.25, 0.3) is 0 Å². The Hall–Kier alpha value is -3.39. The van der Waals surface area contributed by atoms with E-state index in [9.17, 15) is 16.8 Å². The van der Waals surface area contributed by atoms with Crippen LogP contribution in [0.4, 0.5) is 11.4 Å². The lowest BCUT2D eigenvalue weighted by Gasteiger charge is -2.27. The van der Waals surface area contributed by atoms with Crippen molar-refractivity contribution < 1.29 is 30.4 Å². The molecule has 3 aromatic rings. The lowest BCUT2D eigenvalue weighted by atomic mass is 10.0. The molecule has 256 valence electrons. The monoisotopic (exact) mass is 678 g/mol. The smallest absolute Gasteiger partial charge is 0.265 e. The highest BCUT2D eigenvalue weighted by atomic mass is 32.2. The van der Waals surface area contributed by atoms with Gasteiger partial charge in [-0.1, -0.05) is 103 Å². The largest absolute Gasteiger partial charge is 0.461 e. The normalized spacial score (nSPS) is 14.3. The number of nitrogens with zero attached hydrogens (tertiary/aromatic N) is 3. The summed E-state index contributed by atoms with van der Waals surface area (Å²) < 4.78 is 64.7. The van der Waals surface area contributed by atoms with Gasteiger partial charge in [-0.15, -0.1) is 5.10 Å². The standard InChI is InChI=1S/C17H14N4O.2C8H18O3S/c1-3-8-14(9-4-1)20-18-17(16-12-7-13-22-16)19-21(20)15-10-5-2-6-11-15;2*1-3-5-6-8(4-2)7-12(9,10)11/h1-13H,(H,18,19);2*8H,3-7H2,1-2H3,(H,9,10,11). The van der Waals surface area contributed by atoms with Crippen LogP contribution in [-0.2, 0) is 20.2 Å². The highest BCUT2D eigenvalue weighted by Gasteiger charge is 2.27. The molecule has 46 heavy (non-hydrogen) atoms. The van der Waals surface area contributed by atoms with Gasteiger partial charge in [-0.25, -0.2) is 0 Å². The summed E-state index contributed by atoms with van der Waals surface area (Å²) in [5, 5.41) is 8.32. The fourth-order valence-corrected chi connectivity index (χ4v) is 6.69. The summed E-state index contributed by atoms with van der Waals surface area (Å²) in [5.41, 5.74) is 5.22. The van der Waals surface area contributed by atoms with Crippen molar-refractivity contribution in [2.75, 3.05) is 21.7 Å². The second kappa shape index (κ2) is 20.0. The van der Waals surface area contributed by atoms with Crippen LogP contribution in [0.5, 0.6) is 0 Å². The molecule has 1 aliphatic rings. The highest BCUT2D eigenvalue weighted by Crippen LogP contribution is 2.25. The molecule has 2 atom stereocenters. The van der Waals surface area contributed by atoms with E-state index in [0.717, 1.165) is 62.7 Å². The predicted octanol–water partition coefficient (Wildman–Crippen LogP) is 7.57. The molecule has 0 amide bonds. The van der Waals surface area contributed by atoms with Crippen molar-refractivity contribution in [3.05, 3.63) is 84.8 Å². The van der Waals surface area contributed by atoms with Crippen molar-refractivity contribution in [1.29, 1.82) is 0 Å². The SMILES string of the molecule is CCCCC(CC)CS(=O)(=O)O.CCCCC(CC)CS(=O)(=O)O.c1ccc(N2N=C(c3ccco3)NN2c2ccccc2)cc1. The average molecular weight is 679 g/mol. The van der Waals surface area contributed by atoms with E-state index in [1.54, 1.807) is 6.26 Å². The Morgan fingerprint density at radius 3 is 1.59 bits per heavy atom. The molecular formula is C33H50N4O7S2. The molecule has 0 saturated carbocycles. The van der Waals surface area contributed by atoms with Crippen LogP contribution in [-0.4, -0.2) is 43.3 Å². The van der Waals surface area contributed by atoms with Gasteiger partial charge in [0.25, 0.3) is 20.2 Å². The molecule has 2 aromatic carbocycles. The van der Waals surface area contributed by atoms with Crippen LogP contribution in [0.2, 0.25) is 0 Å². The van der Waals surface area contributed by atoms with Crippen LogP contribution < -0.4 is 15.7 Å². The van der Waals surface area contributed by atoms with E-state index >= 15 is 0 Å². The highest BCUT2D eigenvalue weighted by molar-refractivity contribution is 7.86. The average Bonchev–Trinajstić information content (AvgIpc) is 3.73. The fraction of sp³-hybridized carbons (Fsp3) is 0.485. The molecule has 0 aliphatic carbocycles. The van der Waals surface area contributed by atoms with Gasteiger partial charge < -0.3 is 4.42 Å². The molecule has 0 radical (unpaired) electrons. The summed E-state index contributed by atoms with van der Waals surface area (Å²) in [4.78, 5) is 0. The minimum atomic E-state index is -3.77. The molecule has 0 spiro atoms. The number of furan rings is 1. The number of hydrogen-bond acceptors (Lipinski definition) is 9. The van der Waals surface area contributed by atoms with E-state index in [2.05, 4.69) is 24.4 Å². The van der Waals surface area contributed by atoms with Gasteiger partial charge in [0.2, 0.25) is 5.84 Å². The number of unbranched alkanes of at least 4 members (excludes halogenated alkanes) is 2. The molecule has 3 N–H and O–H groups in total. The van der Waals surface area contributed by atoms with E-state index in [-0.39, 0.29) is 23.3 Å². The molecule has 4 rings (SSSR count). The van der Waals surface area contributed by atoms with E-state index < -0.39 is 20.2 Å². The Morgan fingerprint density at radius 2 is 1.20 bits per heavy atom. The third kappa shape index (κ3) is 14.8. The Balaban J connectivity index is 0.000000265. The minimum Gasteiger partial charge on any atom is -0.461 e. The van der Waals surface area contributed by atoms with Crippen molar-refractivity contribution in [3.63, 3.8) is 0 Å². The summed E-state index contributed by atoms with van der Waals surface area (Å²) in [5.74, 6) is 1.45. The number of amidine groups is 1. The van der Waals surface area contributed by atoms with Gasteiger partial charge in [-0.2, -0.15) is 27.1 Å². The fourth-order valence-electron chi connectivity index (χ4n) is 4.70. The number of hydrogen-bond donors (Lipinski definition) is 3. The molecular weight excluding hydrogens is 629 g/mol. The molecule has 0 fully saturated rings. The van der Waals surface area contributed by atoms with Gasteiger partial charge in [-0.05, 0) is 61.1 Å². The Kier molecular flexibility index (Phi) is 16.8. The van der Waals surface area contributed by atoms with Crippen molar-refractivity contribution >= 4 is 37.4 Å². The van der Waals surface area contributed by atoms with Gasteiger partial charge in [0.05, 0.1) is 29.1 Å². The maximum atomic E-state index is 10.5. The molecule has 2 heterocycles. The second-order valence-electron chi connectivity index (χ2n) is 11.1. The zero-order valence-corrected chi connectivity index (χ0v) is 29.0. The Bertz CT molecular complexity index is 1440. The van der Waals surface area contributed by atoms with Crippen molar-refractivity contribution in [1.82, 2.24) is 5.43 Å². The first-order valence-electron chi connectivity index (χ1n) is 15.9. The van der Waals surface area contributed by atoms with Gasteiger partial charge in [-0.3, -0.25) is 14.5 Å². The van der Waals surface area contributed by atoms with E-state index in [4.69, 9.17) is 13.5 Å². The number of nitrogens with one attached hydrogen (secondary N) is 1. The van der Waals surface area contributed by atoms with Gasteiger partial charge in [0, 0.05) is 0 Å². The summed E-state index contributed by atoms with van der Waals surface area (Å²) in [7, 11) is -7.53. The maximum absolute atomic E-state index is 10.5. The van der Waals surface area contributed by atoms with E-state index in [1.165, 1.54) is 0 Å². The van der Waals surface area contributed by atoms with Crippen molar-refractivity contribution in [2.24, 2.45) is 16.9 Å². The maximum Gasteiger partial charge on any atom is 0.265 e. The lowest BCUT2D eigenvalue weighted by Crippen LogP contribution is -2.44. The van der Waals surface area contributed by atoms with Crippen LogP contribution in [0.15, 0.2) is 88.6 Å². The van der Waals surface area contributed by atoms with Gasteiger partial charge >= 0.3 is 0 Å². The van der Waals surface area contributed by atoms with Crippen LogP contribution in [0.3, 0.4) is 0 Å². The Morgan fingerprint density at radius 1 is 0.717 bits per heavy atom. The second-order valence-corrected chi connectivity index (χ2v) is 14.1. The number of para-hydroxylation sites is 2. The van der Waals surface area contributed by atoms with E-state index in [0.29, 0.717) is 11.6 Å². The van der Waals surface area contributed by atoms with Crippen molar-refractivity contribution in [2.45, 2.75) is 79.1 Å². The number of hydrazine groups is 2. The number of rotatable bonds is 15. The third-order valence-electron chi connectivity index (χ3n) is 7.32. The molecule has 1 aromatic heterocycles. The van der Waals surface area contributed by atoms with E-state index in [1.807, 2.05) is 96.9 Å². The summed E-state index contributed by atoms with van der Waals surface area (Å²) >= 11 is 0. The zero-order valence-electron chi connectivity index (χ0n) is 27.3. The lowest BCUT2D eigenvalue weighted by molar-refractivity contribution is 0.439. The third-order valence-corrected chi connectivity index (χ3v) is 9.10. The first-order valence-corrected chi connectivity index (χ1v) is 19.1. The number of benzene rings is 2. The molecule has 2 unspecified atom stereocenters. The Labute approximate surface area is 275 Å². The number of hydrazone groups is 1. The first-order chi connectivity index (χ1) is 21.9. The molecule has 13 heteroatoms. The van der Waals surface area contributed by atoms with Gasteiger partial charge in [0.1, 0.15) is 0 Å². The topological polar surface area (TPSA) is 153 Å².